The van der Waals surface area contributed by atoms with Gasteiger partial charge in [-0.2, -0.15) is 13.4 Å². The Morgan fingerprint density at radius 1 is 1.19 bits per heavy atom. The fourth-order valence-corrected chi connectivity index (χ4v) is 1.75. The summed E-state index contributed by atoms with van der Waals surface area (Å²) in [7, 11) is -4.67. The van der Waals surface area contributed by atoms with Crippen molar-refractivity contribution in [2.45, 2.75) is 45.4 Å². The second-order valence-corrected chi connectivity index (χ2v) is 6.10. The van der Waals surface area contributed by atoms with E-state index in [0.29, 0.717) is 23.9 Å². The van der Waals surface area contributed by atoms with Gasteiger partial charge in [-0.25, -0.2) is 0 Å². The van der Waals surface area contributed by atoms with Crippen molar-refractivity contribution in [2.75, 3.05) is 12.3 Å². The SMILES string of the molecule is CCCCCCCC(=O)N=C(N)SCCN.O=S(=O)(O)O. The molecule has 0 fully saturated rings. The lowest BCUT2D eigenvalue weighted by Gasteiger charge is -1.99. The molecule has 126 valence electrons. The molecule has 0 atom stereocenters. The Morgan fingerprint density at radius 2 is 1.71 bits per heavy atom. The first-order valence-corrected chi connectivity index (χ1v) is 8.98. The van der Waals surface area contributed by atoms with Crippen LogP contribution in [-0.2, 0) is 15.2 Å². The van der Waals surface area contributed by atoms with Crippen molar-refractivity contribution in [3.8, 4) is 0 Å². The molecule has 21 heavy (non-hydrogen) atoms. The number of amidine groups is 1. The van der Waals surface area contributed by atoms with Crippen molar-refractivity contribution >= 4 is 33.2 Å². The van der Waals surface area contributed by atoms with Crippen molar-refractivity contribution < 1.29 is 22.3 Å². The number of unbranched alkanes of at least 4 members (excludes halogenated alkanes) is 4. The van der Waals surface area contributed by atoms with Crippen LogP contribution in [0, 0.1) is 0 Å². The maximum atomic E-state index is 11.3. The number of nitrogens with zero attached hydrogens (tertiary/aromatic N) is 1. The van der Waals surface area contributed by atoms with E-state index in [1.54, 1.807) is 0 Å². The molecule has 0 bridgehead atoms. The number of thioether (sulfide) groups is 1. The summed E-state index contributed by atoms with van der Waals surface area (Å²) in [6.45, 7) is 2.72. The monoisotopic (exact) mass is 343 g/mol. The van der Waals surface area contributed by atoms with Crippen molar-refractivity contribution in [3.63, 3.8) is 0 Å². The van der Waals surface area contributed by atoms with Crippen molar-refractivity contribution in [1.29, 1.82) is 0 Å². The van der Waals surface area contributed by atoms with Crippen LogP contribution < -0.4 is 11.5 Å². The van der Waals surface area contributed by atoms with Gasteiger partial charge in [0.25, 0.3) is 0 Å². The van der Waals surface area contributed by atoms with Gasteiger partial charge in [0.05, 0.1) is 0 Å². The van der Waals surface area contributed by atoms with E-state index < -0.39 is 10.4 Å². The highest BCUT2D eigenvalue weighted by molar-refractivity contribution is 8.13. The van der Waals surface area contributed by atoms with E-state index >= 15 is 0 Å². The molecule has 0 aromatic rings. The van der Waals surface area contributed by atoms with Crippen molar-refractivity contribution in [1.82, 2.24) is 0 Å². The highest BCUT2D eigenvalue weighted by Gasteiger charge is 2.01. The van der Waals surface area contributed by atoms with Gasteiger partial charge >= 0.3 is 10.4 Å². The molecular weight excluding hydrogens is 318 g/mol. The first-order valence-electron chi connectivity index (χ1n) is 6.60. The summed E-state index contributed by atoms with van der Waals surface area (Å²) >= 11 is 1.33. The number of hydrogen-bond donors (Lipinski definition) is 4. The lowest BCUT2D eigenvalue weighted by atomic mass is 10.1. The van der Waals surface area contributed by atoms with Crippen LogP contribution >= 0.6 is 11.8 Å². The normalized spacial score (nSPS) is 11.7. The Labute approximate surface area is 130 Å². The van der Waals surface area contributed by atoms with E-state index in [1.807, 2.05) is 0 Å². The van der Waals surface area contributed by atoms with Crippen molar-refractivity contribution in [2.24, 2.45) is 16.5 Å². The summed E-state index contributed by atoms with van der Waals surface area (Å²) in [5.41, 5.74) is 10.9. The lowest BCUT2D eigenvalue weighted by molar-refractivity contribution is -0.117. The third-order valence-corrected chi connectivity index (χ3v) is 2.92. The number of carbonyl (C=O) groups is 1. The van der Waals surface area contributed by atoms with E-state index in [9.17, 15) is 4.79 Å². The number of amides is 1. The minimum Gasteiger partial charge on any atom is -0.378 e. The second kappa shape index (κ2) is 14.3. The molecule has 0 heterocycles. The van der Waals surface area contributed by atoms with Crippen LogP contribution in [0.2, 0.25) is 0 Å². The third-order valence-electron chi connectivity index (χ3n) is 2.10. The Hall–Kier alpha value is -0.680. The summed E-state index contributed by atoms with van der Waals surface area (Å²) in [5.74, 6) is 0.595. The number of aliphatic imine (C=N–C) groups is 1. The fourth-order valence-electron chi connectivity index (χ4n) is 1.25. The maximum absolute atomic E-state index is 11.3. The van der Waals surface area contributed by atoms with Crippen LogP contribution in [-0.4, -0.2) is 40.9 Å². The Balaban J connectivity index is 0. The van der Waals surface area contributed by atoms with E-state index in [0.717, 1.165) is 12.8 Å². The van der Waals surface area contributed by atoms with E-state index in [4.69, 9.17) is 29.0 Å². The minimum absolute atomic E-state index is 0.112. The van der Waals surface area contributed by atoms with Crippen LogP contribution in [0.4, 0.5) is 0 Å². The molecule has 0 rings (SSSR count). The first-order chi connectivity index (χ1) is 9.70. The molecule has 8 nitrogen and oxygen atoms in total. The van der Waals surface area contributed by atoms with Gasteiger partial charge in [-0.05, 0) is 6.42 Å². The largest absolute Gasteiger partial charge is 0.394 e. The van der Waals surface area contributed by atoms with Crippen LogP contribution in [0.5, 0.6) is 0 Å². The van der Waals surface area contributed by atoms with E-state index in [2.05, 4.69) is 11.9 Å². The average molecular weight is 343 g/mol. The van der Waals surface area contributed by atoms with Gasteiger partial charge in [-0.15, -0.1) is 0 Å². The van der Waals surface area contributed by atoms with Crippen LogP contribution in [0.1, 0.15) is 45.4 Å². The quantitative estimate of drug-likeness (QED) is 0.222. The summed E-state index contributed by atoms with van der Waals surface area (Å²) < 4.78 is 31.6. The van der Waals surface area contributed by atoms with E-state index in [1.165, 1.54) is 31.0 Å². The molecule has 0 aliphatic rings. The standard InChI is InChI=1S/C11H23N3OS.H2O4S/c1-2-3-4-5-6-7-10(15)14-11(13)16-9-8-12;1-5(2,3)4/h2-9,12H2,1H3,(H2,13,14,15);(H2,1,2,3,4). The molecule has 0 aliphatic heterocycles. The molecule has 0 unspecified atom stereocenters. The topological polar surface area (TPSA) is 156 Å². The van der Waals surface area contributed by atoms with Crippen LogP contribution in [0.3, 0.4) is 0 Å². The molecule has 6 N–H and O–H groups in total. The molecule has 0 spiro atoms. The van der Waals surface area contributed by atoms with Gasteiger partial charge in [0.1, 0.15) is 0 Å². The third kappa shape index (κ3) is 28.3. The fraction of sp³-hybridized carbons (Fsp3) is 0.818. The van der Waals surface area contributed by atoms with Gasteiger partial charge in [-0.3, -0.25) is 13.9 Å². The molecular formula is C11H25N3O5S2. The number of rotatable bonds is 8. The molecule has 1 amide bonds. The summed E-state index contributed by atoms with van der Waals surface area (Å²) in [6, 6.07) is 0. The van der Waals surface area contributed by atoms with Gasteiger partial charge in [0, 0.05) is 18.7 Å². The average Bonchev–Trinajstić information content (AvgIpc) is 2.34. The maximum Gasteiger partial charge on any atom is 0.394 e. The number of carbonyl (C=O) groups excluding carboxylic acids is 1. The zero-order valence-corrected chi connectivity index (χ0v) is 13.8. The number of hydrogen-bond acceptors (Lipinski definition) is 5. The van der Waals surface area contributed by atoms with Gasteiger partial charge in [-0.1, -0.05) is 44.4 Å². The molecule has 0 aliphatic carbocycles. The minimum atomic E-state index is -4.67. The van der Waals surface area contributed by atoms with Gasteiger partial charge < -0.3 is 11.5 Å². The molecule has 0 aromatic heterocycles. The zero-order chi connectivity index (χ0) is 16.7. The summed E-state index contributed by atoms with van der Waals surface area (Å²) in [5, 5.41) is 0.337. The highest BCUT2D eigenvalue weighted by Crippen LogP contribution is 2.06. The predicted molar refractivity (Wildman–Crippen MR) is 85.7 cm³/mol. The van der Waals surface area contributed by atoms with Crippen LogP contribution in [0.15, 0.2) is 4.99 Å². The van der Waals surface area contributed by atoms with Crippen molar-refractivity contribution in [3.05, 3.63) is 0 Å². The Bertz CT molecular complexity index is 391. The molecule has 0 radical (unpaired) electrons. The first kappa shape index (κ1) is 22.6. The summed E-state index contributed by atoms with van der Waals surface area (Å²) in [4.78, 5) is 15.1. The molecule has 0 saturated carbocycles. The highest BCUT2D eigenvalue weighted by atomic mass is 32.3. The van der Waals surface area contributed by atoms with Gasteiger partial charge in [0.2, 0.25) is 5.91 Å². The molecule has 0 aromatic carbocycles. The Kier molecular flexibility index (Phi) is 15.4. The molecule has 10 heteroatoms. The summed E-state index contributed by atoms with van der Waals surface area (Å²) in [6.07, 6.45) is 6.18. The van der Waals surface area contributed by atoms with Crippen LogP contribution in [0.25, 0.3) is 0 Å². The van der Waals surface area contributed by atoms with E-state index in [-0.39, 0.29) is 5.91 Å². The lowest BCUT2D eigenvalue weighted by Crippen LogP contribution is -2.13. The zero-order valence-electron chi connectivity index (χ0n) is 12.2. The number of nitrogens with two attached hydrogens (primary N) is 2. The Morgan fingerprint density at radius 3 is 2.19 bits per heavy atom. The smallest absolute Gasteiger partial charge is 0.378 e. The second-order valence-electron chi connectivity index (χ2n) is 4.09. The van der Waals surface area contributed by atoms with Gasteiger partial charge in [0.15, 0.2) is 5.17 Å². The molecule has 0 saturated heterocycles. The predicted octanol–water partition coefficient (Wildman–Crippen LogP) is 1.23.